The lowest BCUT2D eigenvalue weighted by atomic mass is 10.0. The van der Waals surface area contributed by atoms with Gasteiger partial charge in [0, 0.05) is 5.69 Å². The third-order valence-electron chi connectivity index (χ3n) is 4.44. The van der Waals surface area contributed by atoms with Crippen molar-refractivity contribution >= 4 is 11.6 Å². The van der Waals surface area contributed by atoms with Gasteiger partial charge in [-0.1, -0.05) is 42.5 Å². The fourth-order valence-corrected chi connectivity index (χ4v) is 3.05. The molecule has 2 aromatic carbocycles. The van der Waals surface area contributed by atoms with E-state index in [0.29, 0.717) is 6.54 Å². The zero-order valence-electron chi connectivity index (χ0n) is 15.4. The number of aryl methyl sites for hydroxylation is 2. The van der Waals surface area contributed by atoms with E-state index in [4.69, 9.17) is 4.42 Å². The van der Waals surface area contributed by atoms with Gasteiger partial charge in [0.15, 0.2) is 0 Å². The first kappa shape index (κ1) is 18.0. The number of furan rings is 1. The maximum Gasteiger partial charge on any atom is 0.246 e. The lowest BCUT2D eigenvalue weighted by Gasteiger charge is -2.27. The minimum Gasteiger partial charge on any atom is -0.468 e. The van der Waals surface area contributed by atoms with Crippen LogP contribution in [0.3, 0.4) is 0 Å². The molecule has 0 fully saturated rings. The molecule has 0 aliphatic rings. The Balaban J connectivity index is 1.87. The van der Waals surface area contributed by atoms with E-state index in [1.165, 1.54) is 0 Å². The van der Waals surface area contributed by atoms with Gasteiger partial charge >= 0.3 is 0 Å². The number of likely N-dealkylation sites (N-methyl/N-ethyl adjacent to an activating group) is 1. The lowest BCUT2D eigenvalue weighted by Crippen LogP contribution is -2.34. The number of amides is 1. The van der Waals surface area contributed by atoms with Gasteiger partial charge in [-0.3, -0.25) is 9.69 Å². The second-order valence-corrected chi connectivity index (χ2v) is 6.62. The first-order valence-electron chi connectivity index (χ1n) is 8.70. The third kappa shape index (κ3) is 4.21. The molecule has 0 aliphatic carbocycles. The summed E-state index contributed by atoms with van der Waals surface area (Å²) < 4.78 is 5.45. The Morgan fingerprint density at radius 3 is 2.54 bits per heavy atom. The van der Waals surface area contributed by atoms with Crippen molar-refractivity contribution < 1.29 is 9.21 Å². The molecule has 4 nitrogen and oxygen atoms in total. The number of carbonyl (C=O) groups excluding carboxylic acids is 1. The van der Waals surface area contributed by atoms with Crippen molar-refractivity contribution in [1.29, 1.82) is 0 Å². The van der Waals surface area contributed by atoms with Gasteiger partial charge in [0.25, 0.3) is 0 Å². The minimum atomic E-state index is -0.416. The monoisotopic (exact) mass is 348 g/mol. The van der Waals surface area contributed by atoms with Crippen LogP contribution in [0.1, 0.15) is 28.5 Å². The number of carbonyl (C=O) groups is 1. The van der Waals surface area contributed by atoms with Gasteiger partial charge in [-0.15, -0.1) is 0 Å². The summed E-state index contributed by atoms with van der Waals surface area (Å²) in [6.07, 6.45) is 1.65. The Hall–Kier alpha value is -2.85. The van der Waals surface area contributed by atoms with Crippen molar-refractivity contribution in [2.45, 2.75) is 26.4 Å². The number of nitrogens with zero attached hydrogens (tertiary/aromatic N) is 1. The predicted octanol–water partition coefficient (Wildman–Crippen LogP) is 4.71. The molecule has 1 atom stereocenters. The zero-order chi connectivity index (χ0) is 18.5. The molecule has 4 heteroatoms. The highest BCUT2D eigenvalue weighted by Crippen LogP contribution is 2.25. The largest absolute Gasteiger partial charge is 0.468 e. The Morgan fingerprint density at radius 2 is 1.85 bits per heavy atom. The smallest absolute Gasteiger partial charge is 0.246 e. The maximum absolute atomic E-state index is 13.2. The van der Waals surface area contributed by atoms with Gasteiger partial charge in [0.2, 0.25) is 5.91 Å². The fraction of sp³-hybridized carbons (Fsp3) is 0.227. The van der Waals surface area contributed by atoms with Gasteiger partial charge in [0.05, 0.1) is 12.8 Å². The molecule has 1 amide bonds. The normalized spacial score (nSPS) is 12.2. The van der Waals surface area contributed by atoms with Gasteiger partial charge in [0.1, 0.15) is 11.8 Å². The maximum atomic E-state index is 13.2. The molecule has 0 bridgehead atoms. The van der Waals surface area contributed by atoms with Crippen molar-refractivity contribution in [2.24, 2.45) is 0 Å². The number of hydrogen-bond donors (Lipinski definition) is 1. The highest BCUT2D eigenvalue weighted by atomic mass is 16.3. The van der Waals surface area contributed by atoms with E-state index in [1.807, 2.05) is 86.5 Å². The molecule has 0 aliphatic heterocycles. The topological polar surface area (TPSA) is 45.5 Å². The van der Waals surface area contributed by atoms with Crippen LogP contribution in [0, 0.1) is 13.8 Å². The predicted molar refractivity (Wildman–Crippen MR) is 104 cm³/mol. The van der Waals surface area contributed by atoms with Gasteiger partial charge in [-0.05, 0) is 55.8 Å². The summed E-state index contributed by atoms with van der Waals surface area (Å²) in [6.45, 7) is 4.57. The molecule has 0 radical (unpaired) electrons. The van der Waals surface area contributed by atoms with E-state index in [0.717, 1.165) is 28.1 Å². The van der Waals surface area contributed by atoms with Crippen molar-refractivity contribution in [2.75, 3.05) is 12.4 Å². The first-order valence-corrected chi connectivity index (χ1v) is 8.70. The summed E-state index contributed by atoms with van der Waals surface area (Å²) in [5, 5.41) is 3.10. The summed E-state index contributed by atoms with van der Waals surface area (Å²) >= 11 is 0. The standard InChI is InChI=1S/C22H24N2O2/c1-16-11-12-17(2)20(14-16)23-22(25)21(18-8-5-4-6-9-18)24(3)15-19-10-7-13-26-19/h4-14,21H,15H2,1-3H3,(H,23,25)/t21-/m0/s1. The Bertz CT molecular complexity index is 857. The third-order valence-corrected chi connectivity index (χ3v) is 4.44. The van der Waals surface area contributed by atoms with E-state index in [-0.39, 0.29) is 5.91 Å². The number of rotatable bonds is 6. The van der Waals surface area contributed by atoms with E-state index in [1.54, 1.807) is 6.26 Å². The van der Waals surface area contributed by atoms with Crippen molar-refractivity contribution in [1.82, 2.24) is 4.90 Å². The Morgan fingerprint density at radius 1 is 1.08 bits per heavy atom. The van der Waals surface area contributed by atoms with E-state index < -0.39 is 6.04 Å². The summed E-state index contributed by atoms with van der Waals surface area (Å²) in [6, 6.07) is 19.2. The van der Waals surface area contributed by atoms with Gasteiger partial charge < -0.3 is 9.73 Å². The van der Waals surface area contributed by atoms with Crippen LogP contribution in [0.4, 0.5) is 5.69 Å². The van der Waals surface area contributed by atoms with Crippen molar-refractivity contribution in [3.8, 4) is 0 Å². The molecule has 0 spiro atoms. The fourth-order valence-electron chi connectivity index (χ4n) is 3.05. The van der Waals surface area contributed by atoms with Crippen LogP contribution in [0.15, 0.2) is 71.3 Å². The van der Waals surface area contributed by atoms with Crippen LogP contribution in [0.5, 0.6) is 0 Å². The number of hydrogen-bond acceptors (Lipinski definition) is 3. The average Bonchev–Trinajstić information content (AvgIpc) is 3.12. The highest BCUT2D eigenvalue weighted by Gasteiger charge is 2.26. The molecular weight excluding hydrogens is 324 g/mol. The summed E-state index contributed by atoms with van der Waals surface area (Å²) in [5.41, 5.74) is 3.96. The number of anilines is 1. The van der Waals surface area contributed by atoms with Crippen LogP contribution < -0.4 is 5.32 Å². The van der Waals surface area contributed by atoms with E-state index >= 15 is 0 Å². The second kappa shape index (κ2) is 8.02. The second-order valence-electron chi connectivity index (χ2n) is 6.62. The Kier molecular flexibility index (Phi) is 5.54. The molecule has 26 heavy (non-hydrogen) atoms. The molecule has 1 aromatic heterocycles. The van der Waals surface area contributed by atoms with Crippen LogP contribution in [-0.2, 0) is 11.3 Å². The minimum absolute atomic E-state index is 0.0565. The van der Waals surface area contributed by atoms with Gasteiger partial charge in [-0.2, -0.15) is 0 Å². The van der Waals surface area contributed by atoms with Gasteiger partial charge in [-0.25, -0.2) is 0 Å². The highest BCUT2D eigenvalue weighted by molar-refractivity contribution is 5.96. The van der Waals surface area contributed by atoms with Crippen LogP contribution in [-0.4, -0.2) is 17.9 Å². The van der Waals surface area contributed by atoms with Crippen LogP contribution >= 0.6 is 0 Å². The van der Waals surface area contributed by atoms with Crippen molar-refractivity contribution in [3.05, 3.63) is 89.4 Å². The summed E-state index contributed by atoms with van der Waals surface area (Å²) in [5.74, 6) is 0.770. The average molecular weight is 348 g/mol. The SMILES string of the molecule is Cc1ccc(C)c(NC(=O)[C@H](c2ccccc2)N(C)Cc2ccco2)c1. The quantitative estimate of drug-likeness (QED) is 0.702. The van der Waals surface area contributed by atoms with E-state index in [2.05, 4.69) is 5.32 Å². The van der Waals surface area contributed by atoms with Crippen molar-refractivity contribution in [3.63, 3.8) is 0 Å². The lowest BCUT2D eigenvalue weighted by molar-refractivity contribution is -0.121. The number of nitrogens with one attached hydrogen (secondary N) is 1. The summed E-state index contributed by atoms with van der Waals surface area (Å²) in [7, 11) is 1.93. The first-order chi connectivity index (χ1) is 12.5. The Labute approximate surface area is 154 Å². The zero-order valence-corrected chi connectivity index (χ0v) is 15.4. The molecule has 0 saturated heterocycles. The molecule has 1 N–H and O–H groups in total. The molecule has 0 unspecified atom stereocenters. The van der Waals surface area contributed by atoms with Crippen LogP contribution in [0.2, 0.25) is 0 Å². The summed E-state index contributed by atoms with van der Waals surface area (Å²) in [4.78, 5) is 15.2. The molecule has 3 rings (SSSR count). The molecular formula is C22H24N2O2. The molecule has 0 saturated carbocycles. The molecule has 1 heterocycles. The molecule has 3 aromatic rings. The van der Waals surface area contributed by atoms with E-state index in [9.17, 15) is 4.79 Å². The molecule has 134 valence electrons. The number of benzene rings is 2. The van der Waals surface area contributed by atoms with Crippen LogP contribution in [0.25, 0.3) is 0 Å².